The van der Waals surface area contributed by atoms with E-state index in [0.717, 1.165) is 23.6 Å². The van der Waals surface area contributed by atoms with E-state index in [-0.39, 0.29) is 0 Å². The molecule has 0 radical (unpaired) electrons. The Bertz CT molecular complexity index is 395. The van der Waals surface area contributed by atoms with Gasteiger partial charge in [-0.15, -0.1) is 11.8 Å². The number of aromatic nitrogens is 1. The second-order valence-electron chi connectivity index (χ2n) is 4.40. The van der Waals surface area contributed by atoms with E-state index in [1.165, 1.54) is 0 Å². The Kier molecular flexibility index (Phi) is 5.91. The Morgan fingerprint density at radius 3 is 2.78 bits per heavy atom. The molecule has 1 heterocycles. The highest BCUT2D eigenvalue weighted by Gasteiger charge is 2.24. The molecule has 1 aromatic heterocycles. The minimum Gasteiger partial charge on any atom is -0.368 e. The van der Waals surface area contributed by atoms with Crippen LogP contribution >= 0.6 is 23.4 Å². The van der Waals surface area contributed by atoms with Crippen LogP contribution in [0.3, 0.4) is 0 Å². The first-order valence-electron chi connectivity index (χ1n) is 5.75. The SMILES string of the molecule is CC(N)(CCCCSc1ccc(Cl)cn1)C(N)=O. The third-order valence-electron chi connectivity index (χ3n) is 2.60. The van der Waals surface area contributed by atoms with Crippen molar-refractivity contribution in [3.63, 3.8) is 0 Å². The van der Waals surface area contributed by atoms with Gasteiger partial charge in [-0.3, -0.25) is 4.79 Å². The first-order valence-corrected chi connectivity index (χ1v) is 7.11. The van der Waals surface area contributed by atoms with Gasteiger partial charge in [-0.2, -0.15) is 0 Å². The summed E-state index contributed by atoms with van der Waals surface area (Å²) < 4.78 is 0. The van der Waals surface area contributed by atoms with Crippen molar-refractivity contribution in [2.24, 2.45) is 11.5 Å². The number of thioether (sulfide) groups is 1. The van der Waals surface area contributed by atoms with E-state index in [1.54, 1.807) is 24.9 Å². The molecule has 1 unspecified atom stereocenters. The predicted molar refractivity (Wildman–Crippen MR) is 75.6 cm³/mol. The van der Waals surface area contributed by atoms with Gasteiger partial charge in [0.05, 0.1) is 15.6 Å². The zero-order valence-electron chi connectivity index (χ0n) is 10.4. The number of amides is 1. The standard InChI is InChI=1S/C12H18ClN3OS/c1-12(15,11(14)17)6-2-3-7-18-10-5-4-9(13)8-16-10/h4-5,8H,2-3,6-7,15H2,1H3,(H2,14,17). The third-order valence-corrected chi connectivity index (χ3v) is 3.86. The molecule has 4 nitrogen and oxygen atoms in total. The van der Waals surface area contributed by atoms with Crippen LogP contribution in [0.2, 0.25) is 5.02 Å². The molecule has 0 bridgehead atoms. The Labute approximate surface area is 116 Å². The van der Waals surface area contributed by atoms with Crippen LogP contribution in [0.4, 0.5) is 0 Å². The van der Waals surface area contributed by atoms with Crippen LogP contribution < -0.4 is 11.5 Å². The normalized spacial score (nSPS) is 14.2. The molecule has 6 heteroatoms. The highest BCUT2D eigenvalue weighted by Crippen LogP contribution is 2.19. The number of nitrogens with two attached hydrogens (primary N) is 2. The number of unbranched alkanes of at least 4 members (excludes halogenated alkanes) is 1. The van der Waals surface area contributed by atoms with Gasteiger partial charge in [-0.05, 0) is 37.7 Å². The third kappa shape index (κ3) is 5.25. The van der Waals surface area contributed by atoms with Crippen LogP contribution in [-0.2, 0) is 4.79 Å². The largest absolute Gasteiger partial charge is 0.368 e. The van der Waals surface area contributed by atoms with E-state index in [1.807, 2.05) is 12.1 Å². The summed E-state index contributed by atoms with van der Waals surface area (Å²) in [4.78, 5) is 15.2. The molecule has 0 aliphatic carbocycles. The van der Waals surface area contributed by atoms with Gasteiger partial charge >= 0.3 is 0 Å². The lowest BCUT2D eigenvalue weighted by atomic mass is 9.96. The monoisotopic (exact) mass is 287 g/mol. The van der Waals surface area contributed by atoms with Crippen LogP contribution in [0.5, 0.6) is 0 Å². The van der Waals surface area contributed by atoms with E-state index in [4.69, 9.17) is 23.1 Å². The van der Waals surface area contributed by atoms with E-state index < -0.39 is 11.4 Å². The fourth-order valence-electron chi connectivity index (χ4n) is 1.34. The summed E-state index contributed by atoms with van der Waals surface area (Å²) >= 11 is 7.41. The van der Waals surface area contributed by atoms with Crippen molar-refractivity contribution in [1.82, 2.24) is 4.98 Å². The summed E-state index contributed by atoms with van der Waals surface area (Å²) in [7, 11) is 0. The van der Waals surface area contributed by atoms with E-state index in [9.17, 15) is 4.79 Å². The molecule has 18 heavy (non-hydrogen) atoms. The van der Waals surface area contributed by atoms with Crippen molar-refractivity contribution in [3.05, 3.63) is 23.4 Å². The van der Waals surface area contributed by atoms with Crippen molar-refractivity contribution in [3.8, 4) is 0 Å². The molecule has 100 valence electrons. The highest BCUT2D eigenvalue weighted by molar-refractivity contribution is 7.99. The first kappa shape index (κ1) is 15.3. The van der Waals surface area contributed by atoms with Gasteiger partial charge in [0.1, 0.15) is 0 Å². The second kappa shape index (κ2) is 6.97. The number of carbonyl (C=O) groups is 1. The van der Waals surface area contributed by atoms with Gasteiger partial charge in [0, 0.05) is 6.20 Å². The van der Waals surface area contributed by atoms with E-state index in [0.29, 0.717) is 11.4 Å². The van der Waals surface area contributed by atoms with Gasteiger partial charge in [-0.25, -0.2) is 4.98 Å². The summed E-state index contributed by atoms with van der Waals surface area (Å²) in [6, 6.07) is 3.71. The molecule has 0 fully saturated rings. The molecular formula is C12H18ClN3OS. The van der Waals surface area contributed by atoms with Crippen molar-refractivity contribution >= 4 is 29.3 Å². The fraction of sp³-hybridized carbons (Fsp3) is 0.500. The quantitative estimate of drug-likeness (QED) is 0.595. The molecule has 0 saturated heterocycles. The summed E-state index contributed by atoms with van der Waals surface area (Å²) in [6.45, 7) is 1.67. The summed E-state index contributed by atoms with van der Waals surface area (Å²) in [6.07, 6.45) is 4.08. The molecular weight excluding hydrogens is 270 g/mol. The summed E-state index contributed by atoms with van der Waals surface area (Å²) in [5, 5.41) is 1.59. The highest BCUT2D eigenvalue weighted by atomic mass is 35.5. The zero-order chi connectivity index (χ0) is 13.6. The maximum Gasteiger partial charge on any atom is 0.237 e. The molecule has 0 aliphatic rings. The molecule has 0 aliphatic heterocycles. The van der Waals surface area contributed by atoms with Crippen molar-refractivity contribution in [2.75, 3.05) is 5.75 Å². The second-order valence-corrected chi connectivity index (χ2v) is 5.95. The molecule has 1 atom stereocenters. The molecule has 1 rings (SSSR count). The molecule has 0 saturated carbocycles. The van der Waals surface area contributed by atoms with Crippen LogP contribution in [0, 0.1) is 0 Å². The van der Waals surface area contributed by atoms with Crippen LogP contribution in [0.15, 0.2) is 23.4 Å². The number of carbonyl (C=O) groups excluding carboxylic acids is 1. The van der Waals surface area contributed by atoms with Gasteiger partial charge in [0.25, 0.3) is 0 Å². The number of rotatable bonds is 7. The maximum absolute atomic E-state index is 11.0. The van der Waals surface area contributed by atoms with Gasteiger partial charge < -0.3 is 11.5 Å². The Morgan fingerprint density at radius 1 is 1.50 bits per heavy atom. The fourth-order valence-corrected chi connectivity index (χ4v) is 2.30. The number of hydrogen-bond acceptors (Lipinski definition) is 4. The minimum atomic E-state index is -0.900. The number of hydrogen-bond donors (Lipinski definition) is 2. The zero-order valence-corrected chi connectivity index (χ0v) is 11.9. The van der Waals surface area contributed by atoms with Gasteiger partial charge in [-0.1, -0.05) is 18.0 Å². The molecule has 0 aromatic carbocycles. The molecule has 0 spiro atoms. The summed E-state index contributed by atoms with van der Waals surface area (Å²) in [5.41, 5.74) is 10.1. The smallest absolute Gasteiger partial charge is 0.237 e. The van der Waals surface area contributed by atoms with Crippen molar-refractivity contribution in [1.29, 1.82) is 0 Å². The lowest BCUT2D eigenvalue weighted by Crippen LogP contribution is -2.49. The van der Waals surface area contributed by atoms with Crippen molar-refractivity contribution < 1.29 is 4.79 Å². The first-order chi connectivity index (χ1) is 8.42. The van der Waals surface area contributed by atoms with Crippen LogP contribution in [0.1, 0.15) is 26.2 Å². The minimum absolute atomic E-state index is 0.450. The number of halogens is 1. The number of pyridine rings is 1. The lowest BCUT2D eigenvalue weighted by molar-refractivity contribution is -0.122. The van der Waals surface area contributed by atoms with E-state index in [2.05, 4.69) is 4.98 Å². The summed E-state index contributed by atoms with van der Waals surface area (Å²) in [5.74, 6) is 0.484. The van der Waals surface area contributed by atoms with Crippen LogP contribution in [-0.4, -0.2) is 22.2 Å². The number of primary amides is 1. The molecule has 4 N–H and O–H groups in total. The van der Waals surface area contributed by atoms with E-state index >= 15 is 0 Å². The van der Waals surface area contributed by atoms with Crippen LogP contribution in [0.25, 0.3) is 0 Å². The maximum atomic E-state index is 11.0. The Hall–Kier alpha value is -0.780. The molecule has 1 aromatic rings. The lowest BCUT2D eigenvalue weighted by Gasteiger charge is -2.19. The van der Waals surface area contributed by atoms with Gasteiger partial charge in [0.2, 0.25) is 5.91 Å². The van der Waals surface area contributed by atoms with Crippen molar-refractivity contribution in [2.45, 2.75) is 36.8 Å². The Morgan fingerprint density at radius 2 is 2.22 bits per heavy atom. The topological polar surface area (TPSA) is 82.0 Å². The van der Waals surface area contributed by atoms with Gasteiger partial charge in [0.15, 0.2) is 0 Å². The molecule has 1 amide bonds. The predicted octanol–water partition coefficient (Wildman–Crippen LogP) is 2.20. The average molecular weight is 288 g/mol. The Balaban J connectivity index is 2.20. The number of nitrogens with zero attached hydrogens (tertiary/aromatic N) is 1. The average Bonchev–Trinajstić information content (AvgIpc) is 2.31.